The minimum Gasteiger partial charge on any atom is -0.377 e. The van der Waals surface area contributed by atoms with Gasteiger partial charge in [0, 0.05) is 26.5 Å². The highest BCUT2D eigenvalue weighted by atomic mass is 32.1. The lowest BCUT2D eigenvalue weighted by Crippen LogP contribution is -2.69. The smallest absolute Gasteiger partial charge is 0.273 e. The van der Waals surface area contributed by atoms with E-state index in [0.717, 1.165) is 0 Å². The van der Waals surface area contributed by atoms with Crippen LogP contribution in [-0.4, -0.2) is 52.1 Å². The van der Waals surface area contributed by atoms with Gasteiger partial charge in [-0.25, -0.2) is 0 Å². The Morgan fingerprint density at radius 3 is 2.86 bits per heavy atom. The van der Waals surface area contributed by atoms with Crippen LogP contribution in [0.1, 0.15) is 41.6 Å². The molecule has 2 aromatic rings. The lowest BCUT2D eigenvalue weighted by atomic mass is 9.95. The Bertz CT molecular complexity index is 977. The molecule has 2 aliphatic heterocycles. The molecule has 29 heavy (non-hydrogen) atoms. The first-order valence-corrected chi connectivity index (χ1v) is 10.2. The number of nitrogens with one attached hydrogen (secondary N) is 1. The topological polar surface area (TPSA) is 105 Å². The van der Waals surface area contributed by atoms with Gasteiger partial charge in [-0.05, 0) is 18.6 Å². The highest BCUT2D eigenvalue weighted by molar-refractivity contribution is 7.15. The third-order valence-electron chi connectivity index (χ3n) is 5.14. The highest BCUT2D eigenvalue weighted by Gasteiger charge is 2.60. The van der Waals surface area contributed by atoms with Gasteiger partial charge in [-0.2, -0.15) is 0 Å². The van der Waals surface area contributed by atoms with Crippen LogP contribution in [0, 0.1) is 0 Å². The zero-order valence-corrected chi connectivity index (χ0v) is 17.0. The lowest BCUT2D eigenvalue weighted by molar-refractivity contribution is -0.128. The number of benzene rings is 1. The number of nitrogens with zero attached hydrogens (tertiary/aromatic N) is 4. The number of aromatic nitrogens is 2. The van der Waals surface area contributed by atoms with Crippen LogP contribution in [0.3, 0.4) is 0 Å². The van der Waals surface area contributed by atoms with Crippen LogP contribution >= 0.6 is 11.3 Å². The molecule has 1 aromatic heterocycles. The van der Waals surface area contributed by atoms with Crippen molar-refractivity contribution in [1.29, 1.82) is 0 Å². The van der Waals surface area contributed by atoms with Crippen molar-refractivity contribution in [3.63, 3.8) is 0 Å². The highest BCUT2D eigenvalue weighted by Crippen LogP contribution is 2.45. The Hall–Kier alpha value is -2.85. The van der Waals surface area contributed by atoms with Crippen LogP contribution in [0.5, 0.6) is 0 Å². The lowest BCUT2D eigenvalue weighted by Gasteiger charge is -2.48. The van der Waals surface area contributed by atoms with E-state index in [1.165, 1.54) is 21.1 Å². The number of carbonyl (C=O) groups excluding carboxylic acids is 3. The van der Waals surface area contributed by atoms with Gasteiger partial charge in [0.2, 0.25) is 16.7 Å². The zero-order valence-electron chi connectivity index (χ0n) is 16.2. The van der Waals surface area contributed by atoms with Crippen molar-refractivity contribution in [2.24, 2.45) is 0 Å². The van der Waals surface area contributed by atoms with Gasteiger partial charge in [0.05, 0.1) is 11.3 Å². The minimum atomic E-state index is -1.41. The molecule has 152 valence electrons. The summed E-state index contributed by atoms with van der Waals surface area (Å²) in [6.07, 6.45) is 1.06. The summed E-state index contributed by atoms with van der Waals surface area (Å²) in [5, 5.41) is 11.7. The predicted octanol–water partition coefficient (Wildman–Crippen LogP) is 2.01. The molecule has 0 bridgehead atoms. The van der Waals surface area contributed by atoms with E-state index in [2.05, 4.69) is 15.5 Å². The fraction of sp³-hybridized carbons (Fsp3) is 0.421. The summed E-state index contributed by atoms with van der Waals surface area (Å²) in [7, 11) is 1.55. The molecule has 1 aromatic carbocycles. The molecule has 0 saturated carbocycles. The van der Waals surface area contributed by atoms with Gasteiger partial charge < -0.3 is 9.64 Å². The Morgan fingerprint density at radius 2 is 2.10 bits per heavy atom. The summed E-state index contributed by atoms with van der Waals surface area (Å²) in [5.41, 5.74) is -0.510. The van der Waals surface area contributed by atoms with Gasteiger partial charge >= 0.3 is 0 Å². The van der Waals surface area contributed by atoms with E-state index in [0.29, 0.717) is 34.4 Å². The summed E-state index contributed by atoms with van der Waals surface area (Å²) in [5.74, 6) is -0.890. The van der Waals surface area contributed by atoms with Gasteiger partial charge in [0.25, 0.3) is 11.8 Å². The number of amides is 3. The number of hydrogen-bond acceptors (Lipinski definition) is 7. The molecule has 9 nitrogen and oxygen atoms in total. The number of hydrogen-bond donors (Lipinski definition) is 1. The normalized spacial score (nSPS) is 20.6. The third kappa shape index (κ3) is 2.99. The Morgan fingerprint density at radius 1 is 1.31 bits per heavy atom. The molecular formula is C19H21N5O4S. The molecule has 0 aliphatic carbocycles. The first-order valence-electron chi connectivity index (χ1n) is 9.39. The number of rotatable bonds is 6. The molecule has 4 rings (SSSR count). The van der Waals surface area contributed by atoms with Crippen LogP contribution in [-0.2, 0) is 20.9 Å². The molecule has 3 amide bonds. The maximum absolute atomic E-state index is 13.5. The van der Waals surface area contributed by atoms with Crippen molar-refractivity contribution in [1.82, 2.24) is 15.1 Å². The molecular weight excluding hydrogens is 394 g/mol. The molecule has 1 N–H and O–H groups in total. The molecule has 10 heteroatoms. The zero-order chi connectivity index (χ0) is 20.6. The average molecular weight is 415 g/mol. The summed E-state index contributed by atoms with van der Waals surface area (Å²) in [6.45, 7) is 2.58. The number of ether oxygens (including phenoxy) is 1. The van der Waals surface area contributed by atoms with Gasteiger partial charge in [0.1, 0.15) is 11.6 Å². The first kappa shape index (κ1) is 19.5. The summed E-state index contributed by atoms with van der Waals surface area (Å²) in [4.78, 5) is 42.7. The van der Waals surface area contributed by atoms with Crippen LogP contribution in [0.25, 0.3) is 0 Å². The molecule has 1 fully saturated rings. The summed E-state index contributed by atoms with van der Waals surface area (Å²) in [6, 6.07) is 6.92. The second kappa shape index (κ2) is 7.53. The van der Waals surface area contributed by atoms with Crippen molar-refractivity contribution in [3.8, 4) is 0 Å². The average Bonchev–Trinajstić information content (AvgIpc) is 3.30. The van der Waals surface area contributed by atoms with Crippen LogP contribution in [0.2, 0.25) is 0 Å². The molecule has 1 saturated heterocycles. The van der Waals surface area contributed by atoms with E-state index >= 15 is 0 Å². The van der Waals surface area contributed by atoms with Crippen LogP contribution < -0.4 is 10.2 Å². The second-order valence-electron chi connectivity index (χ2n) is 6.91. The molecule has 0 unspecified atom stereocenters. The van der Waals surface area contributed by atoms with Gasteiger partial charge in [-0.3, -0.25) is 24.6 Å². The Balaban J connectivity index is 1.77. The Labute approximate surface area is 171 Å². The fourth-order valence-electron chi connectivity index (χ4n) is 3.99. The first-order chi connectivity index (χ1) is 14.0. The van der Waals surface area contributed by atoms with Crippen molar-refractivity contribution >= 4 is 39.9 Å². The minimum absolute atomic E-state index is 0.181. The molecule has 0 spiro atoms. The van der Waals surface area contributed by atoms with E-state index in [9.17, 15) is 14.4 Å². The summed E-state index contributed by atoms with van der Waals surface area (Å²) < 4.78 is 5.04. The largest absolute Gasteiger partial charge is 0.377 e. The fourth-order valence-corrected chi connectivity index (χ4v) is 4.70. The number of carbonyl (C=O) groups is 3. The number of anilines is 2. The predicted molar refractivity (Wildman–Crippen MR) is 106 cm³/mol. The van der Waals surface area contributed by atoms with Crippen molar-refractivity contribution in [2.45, 2.75) is 38.5 Å². The molecule has 3 heterocycles. The quantitative estimate of drug-likeness (QED) is 0.774. The van der Waals surface area contributed by atoms with Gasteiger partial charge in [-0.15, -0.1) is 10.2 Å². The molecule has 1 atom stereocenters. The van der Waals surface area contributed by atoms with Crippen molar-refractivity contribution in [2.75, 3.05) is 23.9 Å². The Kier molecular flexibility index (Phi) is 5.05. The number of para-hydroxylation sites is 1. The maximum atomic E-state index is 13.5. The van der Waals surface area contributed by atoms with Gasteiger partial charge in [-0.1, -0.05) is 30.4 Å². The maximum Gasteiger partial charge on any atom is 0.273 e. The van der Waals surface area contributed by atoms with E-state index in [1.807, 2.05) is 6.92 Å². The molecule has 0 radical (unpaired) electrons. The van der Waals surface area contributed by atoms with Crippen LogP contribution in [0.15, 0.2) is 24.3 Å². The number of methoxy groups -OCH3 is 1. The molecule has 2 aliphatic rings. The third-order valence-corrected chi connectivity index (χ3v) is 5.95. The SMILES string of the molecule is CCCN1C(=O)c2ccccc2N2C(=O)CC[C@@]12C(=O)Nc1nnc(COC)s1. The van der Waals surface area contributed by atoms with E-state index in [-0.39, 0.29) is 31.3 Å². The van der Waals surface area contributed by atoms with Crippen LogP contribution in [0.4, 0.5) is 10.8 Å². The number of fused-ring (bicyclic) bond motifs is 3. The van der Waals surface area contributed by atoms with Crippen molar-refractivity contribution < 1.29 is 19.1 Å². The van der Waals surface area contributed by atoms with Gasteiger partial charge in [0.15, 0.2) is 0 Å². The standard InChI is InChI=1S/C19H21N5O4S/c1-3-10-23-16(26)12-6-4-5-7-13(12)24-15(25)8-9-19(23,24)17(27)20-18-22-21-14(29-18)11-28-2/h4-7H,3,8-11H2,1-2H3,(H,20,22,27)/t19-/m1/s1. The summed E-state index contributed by atoms with van der Waals surface area (Å²) >= 11 is 1.20. The van der Waals surface area contributed by atoms with E-state index < -0.39 is 11.6 Å². The van der Waals surface area contributed by atoms with Crippen molar-refractivity contribution in [3.05, 3.63) is 34.8 Å². The second-order valence-corrected chi connectivity index (χ2v) is 7.97. The monoisotopic (exact) mass is 415 g/mol. The van der Waals surface area contributed by atoms with E-state index in [4.69, 9.17) is 4.74 Å². The van der Waals surface area contributed by atoms with E-state index in [1.54, 1.807) is 31.4 Å².